The predicted molar refractivity (Wildman–Crippen MR) is 66.4 cm³/mol. The zero-order valence-electron chi connectivity index (χ0n) is 9.94. The molecule has 4 heteroatoms. The van der Waals surface area contributed by atoms with Gasteiger partial charge in [0.05, 0.1) is 0 Å². The van der Waals surface area contributed by atoms with E-state index >= 15 is 0 Å². The van der Waals surface area contributed by atoms with Gasteiger partial charge in [-0.25, -0.2) is 0 Å². The molecule has 0 aliphatic rings. The van der Waals surface area contributed by atoms with Gasteiger partial charge in [-0.3, -0.25) is 4.79 Å². The quantitative estimate of drug-likeness (QED) is 0.548. The number of ether oxygens (including phenoxy) is 1. The van der Waals surface area contributed by atoms with Gasteiger partial charge in [0.2, 0.25) is 5.91 Å². The minimum Gasteiger partial charge on any atom is -0.372 e. The van der Waals surface area contributed by atoms with Crippen molar-refractivity contribution in [2.24, 2.45) is 0 Å². The lowest BCUT2D eigenvalue weighted by molar-refractivity contribution is -0.127. The fourth-order valence-corrected chi connectivity index (χ4v) is 2.09. The molecule has 1 amide bonds. The lowest BCUT2D eigenvalue weighted by atomic mass is 9.95. The number of hydrogen-bond donors (Lipinski definition) is 1. The minimum absolute atomic E-state index is 0.0197. The summed E-state index contributed by atoms with van der Waals surface area (Å²) >= 11 is 3.40. The van der Waals surface area contributed by atoms with E-state index in [-0.39, 0.29) is 18.1 Å². The fourth-order valence-electron chi connectivity index (χ4n) is 1.22. The Kier molecular flexibility index (Phi) is 8.06. The average molecular weight is 280 g/mol. The van der Waals surface area contributed by atoms with Crippen molar-refractivity contribution >= 4 is 21.8 Å². The molecule has 0 bridgehead atoms. The summed E-state index contributed by atoms with van der Waals surface area (Å²) in [5, 5.41) is 3.91. The highest BCUT2D eigenvalue weighted by Crippen LogP contribution is 2.15. The van der Waals surface area contributed by atoms with Crippen LogP contribution in [0.5, 0.6) is 0 Å². The molecule has 1 atom stereocenters. The largest absolute Gasteiger partial charge is 0.372 e. The van der Waals surface area contributed by atoms with Crippen molar-refractivity contribution in [2.75, 3.05) is 18.5 Å². The molecule has 0 fully saturated rings. The Balaban J connectivity index is 3.90. The molecule has 15 heavy (non-hydrogen) atoms. The van der Waals surface area contributed by atoms with Crippen LogP contribution in [0.25, 0.3) is 0 Å². The van der Waals surface area contributed by atoms with Gasteiger partial charge in [0.1, 0.15) is 6.61 Å². The van der Waals surface area contributed by atoms with Crippen LogP contribution in [0, 0.1) is 0 Å². The van der Waals surface area contributed by atoms with Crippen LogP contribution in [0.4, 0.5) is 0 Å². The third-order valence-corrected chi connectivity index (χ3v) is 2.85. The third-order valence-electron chi connectivity index (χ3n) is 2.45. The van der Waals surface area contributed by atoms with Crippen molar-refractivity contribution < 1.29 is 9.53 Å². The second kappa shape index (κ2) is 8.11. The molecule has 0 saturated heterocycles. The van der Waals surface area contributed by atoms with E-state index in [1.54, 1.807) is 0 Å². The third kappa shape index (κ3) is 6.90. The lowest BCUT2D eigenvalue weighted by Gasteiger charge is -2.29. The molecule has 90 valence electrons. The molecule has 0 heterocycles. The summed E-state index contributed by atoms with van der Waals surface area (Å²) in [7, 11) is 0. The van der Waals surface area contributed by atoms with E-state index in [9.17, 15) is 4.79 Å². The number of carbonyl (C=O) groups excluding carboxylic acids is 1. The fraction of sp³-hybridized carbons (Fsp3) is 0.909. The summed E-state index contributed by atoms with van der Waals surface area (Å²) in [6.45, 7) is 6.99. The van der Waals surface area contributed by atoms with E-state index < -0.39 is 0 Å². The zero-order valence-corrected chi connectivity index (χ0v) is 11.5. The molecule has 0 rings (SSSR count). The zero-order chi connectivity index (χ0) is 11.7. The van der Waals surface area contributed by atoms with Crippen LogP contribution in [0.1, 0.15) is 40.0 Å². The standard InChI is InChI=1S/C11H22BrNO2/c1-4-8-15-9-10(14)13-11(3,5-2)6-7-12/h4-9H2,1-3H3,(H,13,14). The SMILES string of the molecule is CCCOCC(=O)NC(C)(CC)CCBr. The second-order valence-corrected chi connectivity index (χ2v) is 4.75. The molecule has 1 unspecified atom stereocenters. The predicted octanol–water partition coefficient (Wildman–Crippen LogP) is 2.48. The summed E-state index contributed by atoms with van der Waals surface area (Å²) in [6.07, 6.45) is 2.81. The summed E-state index contributed by atoms with van der Waals surface area (Å²) in [5.74, 6) is -0.0197. The molecule has 0 aromatic heterocycles. The highest BCUT2D eigenvalue weighted by molar-refractivity contribution is 9.09. The van der Waals surface area contributed by atoms with E-state index in [4.69, 9.17) is 4.74 Å². The van der Waals surface area contributed by atoms with Gasteiger partial charge in [-0.05, 0) is 26.2 Å². The summed E-state index contributed by atoms with van der Waals surface area (Å²) < 4.78 is 5.19. The van der Waals surface area contributed by atoms with Gasteiger partial charge in [-0.15, -0.1) is 0 Å². The minimum atomic E-state index is -0.115. The Labute approximate surface area is 101 Å². The van der Waals surface area contributed by atoms with Crippen LogP contribution >= 0.6 is 15.9 Å². The van der Waals surface area contributed by atoms with Crippen LogP contribution in [0.2, 0.25) is 0 Å². The van der Waals surface area contributed by atoms with Crippen molar-refractivity contribution in [3.8, 4) is 0 Å². The Bertz CT molecular complexity index is 187. The highest BCUT2D eigenvalue weighted by atomic mass is 79.9. The molecule has 0 spiro atoms. The first-order chi connectivity index (χ1) is 7.08. The first kappa shape index (κ1) is 14.9. The first-order valence-electron chi connectivity index (χ1n) is 5.52. The van der Waals surface area contributed by atoms with Crippen molar-refractivity contribution in [2.45, 2.75) is 45.6 Å². The summed E-state index contributed by atoms with van der Waals surface area (Å²) in [4.78, 5) is 11.5. The number of alkyl halides is 1. The van der Waals surface area contributed by atoms with E-state index in [2.05, 4.69) is 35.1 Å². The van der Waals surface area contributed by atoms with Gasteiger partial charge in [0, 0.05) is 17.5 Å². The average Bonchev–Trinajstić information content (AvgIpc) is 2.18. The van der Waals surface area contributed by atoms with Crippen LogP contribution in [-0.4, -0.2) is 30.0 Å². The van der Waals surface area contributed by atoms with E-state index in [0.717, 1.165) is 24.6 Å². The van der Waals surface area contributed by atoms with Gasteiger partial charge in [0.15, 0.2) is 0 Å². The molecular weight excluding hydrogens is 258 g/mol. The Morgan fingerprint density at radius 2 is 2.13 bits per heavy atom. The Hall–Kier alpha value is -0.0900. The van der Waals surface area contributed by atoms with Gasteiger partial charge < -0.3 is 10.1 Å². The van der Waals surface area contributed by atoms with Crippen LogP contribution in [0.3, 0.4) is 0 Å². The summed E-state index contributed by atoms with van der Waals surface area (Å²) in [6, 6.07) is 0. The van der Waals surface area contributed by atoms with Gasteiger partial charge >= 0.3 is 0 Å². The van der Waals surface area contributed by atoms with E-state index in [0.29, 0.717) is 6.61 Å². The monoisotopic (exact) mass is 279 g/mol. The maximum atomic E-state index is 11.5. The molecule has 0 saturated carbocycles. The molecule has 0 aromatic rings. The Morgan fingerprint density at radius 1 is 1.47 bits per heavy atom. The molecule has 1 N–H and O–H groups in total. The first-order valence-corrected chi connectivity index (χ1v) is 6.65. The van der Waals surface area contributed by atoms with Crippen molar-refractivity contribution in [3.05, 3.63) is 0 Å². The van der Waals surface area contributed by atoms with Crippen molar-refractivity contribution in [1.82, 2.24) is 5.32 Å². The van der Waals surface area contributed by atoms with Gasteiger partial charge in [-0.2, -0.15) is 0 Å². The number of carbonyl (C=O) groups is 1. The number of amides is 1. The Morgan fingerprint density at radius 3 is 2.60 bits per heavy atom. The van der Waals surface area contributed by atoms with Crippen molar-refractivity contribution in [3.63, 3.8) is 0 Å². The van der Waals surface area contributed by atoms with Gasteiger partial charge in [-0.1, -0.05) is 29.8 Å². The number of hydrogen-bond acceptors (Lipinski definition) is 2. The number of nitrogens with one attached hydrogen (secondary N) is 1. The molecule has 0 aromatic carbocycles. The molecule has 0 aliphatic heterocycles. The number of rotatable bonds is 8. The van der Waals surface area contributed by atoms with E-state index in [1.165, 1.54) is 0 Å². The molecular formula is C11H22BrNO2. The molecule has 0 radical (unpaired) electrons. The smallest absolute Gasteiger partial charge is 0.246 e. The van der Waals surface area contributed by atoms with E-state index in [1.807, 2.05) is 6.92 Å². The second-order valence-electron chi connectivity index (χ2n) is 3.95. The van der Waals surface area contributed by atoms with Crippen LogP contribution in [-0.2, 0) is 9.53 Å². The van der Waals surface area contributed by atoms with Gasteiger partial charge in [0.25, 0.3) is 0 Å². The van der Waals surface area contributed by atoms with Crippen LogP contribution < -0.4 is 5.32 Å². The van der Waals surface area contributed by atoms with Crippen LogP contribution in [0.15, 0.2) is 0 Å². The van der Waals surface area contributed by atoms with Crippen molar-refractivity contribution in [1.29, 1.82) is 0 Å². The summed E-state index contributed by atoms with van der Waals surface area (Å²) in [5.41, 5.74) is -0.115. The molecule has 0 aliphatic carbocycles. The normalized spacial score (nSPS) is 14.7. The number of halogens is 1. The highest BCUT2D eigenvalue weighted by Gasteiger charge is 2.23. The topological polar surface area (TPSA) is 38.3 Å². The maximum Gasteiger partial charge on any atom is 0.246 e. The molecule has 3 nitrogen and oxygen atoms in total. The lowest BCUT2D eigenvalue weighted by Crippen LogP contribution is -2.47. The maximum absolute atomic E-state index is 11.5.